The van der Waals surface area contributed by atoms with Crippen molar-refractivity contribution < 1.29 is 172 Å². The Morgan fingerprint density at radius 2 is 0.574 bits per heavy atom. The number of carboxylic acids is 2. The Labute approximate surface area is 703 Å². The van der Waals surface area contributed by atoms with Gasteiger partial charge in [-0.2, -0.15) is 0 Å². The zero-order valence-corrected chi connectivity index (χ0v) is 70.9. The molecule has 6 radical (unpaired) electrons. The minimum atomic E-state index is -0.990. The molecule has 6 aromatic carbocycles. The minimum absolute atomic E-state index is 0. The fourth-order valence-corrected chi connectivity index (χ4v) is 7.89. The molecule has 108 heavy (non-hydrogen) atoms. The van der Waals surface area contributed by atoms with Crippen LogP contribution in [0.1, 0.15) is 34.8 Å². The van der Waals surface area contributed by atoms with E-state index in [2.05, 4.69) is 76.3 Å². The van der Waals surface area contributed by atoms with Crippen LogP contribution in [0, 0.1) is 65.5 Å². The van der Waals surface area contributed by atoms with Crippen LogP contribution in [-0.4, -0.2) is 72.9 Å². The van der Waals surface area contributed by atoms with E-state index in [1.165, 1.54) is 56.6 Å². The average Bonchev–Trinajstić information content (AvgIpc) is 0.852. The van der Waals surface area contributed by atoms with Gasteiger partial charge in [-0.25, -0.2) is 19.6 Å². The van der Waals surface area contributed by atoms with Crippen LogP contribution in [0.3, 0.4) is 0 Å². The Hall–Kier alpha value is -9.78. The van der Waals surface area contributed by atoms with Gasteiger partial charge in [0.15, 0.2) is 5.78 Å². The first-order valence-electron chi connectivity index (χ1n) is 30.5. The second kappa shape index (κ2) is 57.4. The predicted molar refractivity (Wildman–Crippen MR) is 380 cm³/mol. The van der Waals surface area contributed by atoms with Gasteiger partial charge in [-0.05, 0) is 109 Å². The van der Waals surface area contributed by atoms with E-state index in [-0.39, 0.29) is 161 Å². The number of ketones is 1. The number of nitrogens with zero attached hydrogens (tertiary/aromatic N) is 8. The number of halogens is 5. The normalized spacial score (nSPS) is 9.27. The molecule has 0 atom stereocenters. The molecule has 8 aromatic heterocycles. The second-order valence-electron chi connectivity index (χ2n) is 20.1. The number of pyridine rings is 8. The van der Waals surface area contributed by atoms with Gasteiger partial charge in [0.1, 0.15) is 11.4 Å². The molecule has 8 heterocycles. The summed E-state index contributed by atoms with van der Waals surface area (Å²) in [5.41, 5.74) is 9.08. The molecular weight excluding hydrogens is 2450 g/mol. The fourth-order valence-electron chi connectivity index (χ4n) is 7.89. The average molecular weight is 2510 g/mol. The Morgan fingerprint density at radius 3 is 0.769 bits per heavy atom. The summed E-state index contributed by atoms with van der Waals surface area (Å²) in [5.74, 6) is -4.89. The molecule has 0 aliphatic carbocycles. The van der Waals surface area contributed by atoms with Gasteiger partial charge >= 0.3 is 11.9 Å². The molecule has 564 valence electrons. The first-order chi connectivity index (χ1) is 49.5. The number of aromatic nitrogens is 8. The number of allylic oxidation sites excluding steroid dienone is 2. The number of carbonyl (C=O) groups excluding carboxylic acids is 1. The first-order valence-corrected chi connectivity index (χ1v) is 30.5. The molecule has 0 aliphatic rings. The van der Waals surface area contributed by atoms with Crippen molar-refractivity contribution in [2.45, 2.75) is 13.8 Å². The SMILES string of the molecule is CC(=O)C=C(C)O.Fc1c[c-]c(-c2ccccn2)c(F)c1.Fc1c[c-]c(-c2ccccn2)c(F)c1.Fc1c[c-]c(-c2ccccn2)cc1.O=C(O)c1ccccn1.O=C(O)c1ccccn1.[Ir].[Ir].[Ir].[Ir].[Ir].[Ir].[c-]1ccccc1-c1ccccn1.[c-]1ccccc1-c1ccccn1.[c-]1ccccc1-c1ccccn1. The summed E-state index contributed by atoms with van der Waals surface area (Å²) in [5, 5.41) is 25.0. The molecule has 14 aromatic rings. The van der Waals surface area contributed by atoms with Crippen LogP contribution in [0.5, 0.6) is 0 Å². The van der Waals surface area contributed by atoms with Crippen molar-refractivity contribution in [3.05, 3.63) is 399 Å². The molecule has 14 nitrogen and oxygen atoms in total. The fraction of sp³-hybridized carbons (Fsp3) is 0.0241. The Kier molecular flexibility index (Phi) is 52.2. The molecular formula is C83H61F5Ir6N8O6-6. The summed E-state index contributed by atoms with van der Waals surface area (Å²) in [7, 11) is 0. The number of carbonyl (C=O) groups is 3. The van der Waals surface area contributed by atoms with Crippen molar-refractivity contribution in [2.75, 3.05) is 0 Å². The number of aliphatic hydroxyl groups excluding tert-OH is 1. The first kappa shape index (κ1) is 98.2. The van der Waals surface area contributed by atoms with E-state index in [1.54, 1.807) is 104 Å². The number of hydrogen-bond acceptors (Lipinski definition) is 12. The third kappa shape index (κ3) is 38.7. The topological polar surface area (TPSA) is 215 Å². The van der Waals surface area contributed by atoms with Crippen LogP contribution < -0.4 is 0 Å². The smallest absolute Gasteiger partial charge is 0.354 e. The second-order valence-corrected chi connectivity index (χ2v) is 20.1. The van der Waals surface area contributed by atoms with Gasteiger partial charge < -0.3 is 45.2 Å². The van der Waals surface area contributed by atoms with Gasteiger partial charge in [0.2, 0.25) is 0 Å². The van der Waals surface area contributed by atoms with E-state index in [0.29, 0.717) is 11.4 Å². The summed E-state index contributed by atoms with van der Waals surface area (Å²) in [6.45, 7) is 2.85. The molecule has 0 saturated carbocycles. The number of carboxylic acid groups (broad SMARTS) is 2. The standard InChI is InChI=1S/2C11H6F2N.C11H7FN.3C11H8N.2C6H5NO2.C5H8O2.6Ir/c2*12-8-4-5-9(10(13)7-8)11-3-1-2-6-14-11;12-10-6-4-9(5-7-10)11-3-1-2-8-13-11;3*1-2-6-10(7-3-1)11-8-4-5-9-12-11;2*8-6(9)5-3-1-2-4-7-5;1-4(6)3-5(2)7;;;;;;/h2*1-4,6-7H;1-4,6-8H;3*1-6,8-9H;2*1-4H,(H,8,9);3,6H,1-2H3;;;;;;/q6*-1;;;;;;;;;. The van der Waals surface area contributed by atoms with E-state index in [0.717, 1.165) is 69.3 Å². The van der Waals surface area contributed by atoms with Crippen molar-refractivity contribution >= 4 is 17.7 Å². The van der Waals surface area contributed by atoms with E-state index < -0.39 is 35.2 Å². The summed E-state index contributed by atoms with van der Waals surface area (Å²) in [6.07, 6.45) is 14.2. The van der Waals surface area contributed by atoms with Gasteiger partial charge in [-0.1, -0.05) is 108 Å². The maximum absolute atomic E-state index is 13.2. The summed E-state index contributed by atoms with van der Waals surface area (Å²) >= 11 is 0. The number of benzene rings is 6. The van der Waals surface area contributed by atoms with Crippen molar-refractivity contribution in [1.82, 2.24) is 39.9 Å². The van der Waals surface area contributed by atoms with Gasteiger partial charge in [-0.3, -0.25) is 26.7 Å². The molecule has 0 amide bonds. The monoisotopic (exact) mass is 2520 g/mol. The third-order valence-corrected chi connectivity index (χ3v) is 12.4. The van der Waals surface area contributed by atoms with Crippen molar-refractivity contribution in [3.8, 4) is 67.5 Å². The molecule has 0 fully saturated rings. The molecule has 0 aliphatic heterocycles. The van der Waals surface area contributed by atoms with Gasteiger partial charge in [-0.15, -0.1) is 162 Å². The van der Waals surface area contributed by atoms with Crippen LogP contribution in [0.4, 0.5) is 22.0 Å². The Bertz CT molecular complexity index is 4310. The largest absolute Gasteiger partial charge is 0.512 e. The predicted octanol–water partition coefficient (Wildman–Crippen LogP) is 18.6. The molecule has 14 rings (SSSR count). The van der Waals surface area contributed by atoms with E-state index in [1.807, 2.05) is 146 Å². The molecule has 0 bridgehead atoms. The number of rotatable bonds is 9. The zero-order chi connectivity index (χ0) is 72.9. The van der Waals surface area contributed by atoms with Crippen LogP contribution in [0.2, 0.25) is 0 Å². The maximum atomic E-state index is 13.2. The van der Waals surface area contributed by atoms with Gasteiger partial charge in [0.05, 0.1) is 5.76 Å². The van der Waals surface area contributed by atoms with Crippen LogP contribution in [-0.2, 0) is 125 Å². The molecule has 0 unspecified atom stereocenters. The van der Waals surface area contributed by atoms with Crippen LogP contribution >= 0.6 is 0 Å². The van der Waals surface area contributed by atoms with Crippen molar-refractivity contribution in [2.24, 2.45) is 0 Å². The summed E-state index contributed by atoms with van der Waals surface area (Å²) in [6, 6.07) is 91.8. The van der Waals surface area contributed by atoms with Crippen molar-refractivity contribution in [3.63, 3.8) is 0 Å². The Balaban J connectivity index is 0.00000119. The van der Waals surface area contributed by atoms with Crippen molar-refractivity contribution in [1.29, 1.82) is 0 Å². The molecule has 0 saturated heterocycles. The minimum Gasteiger partial charge on any atom is -0.512 e. The molecule has 3 N–H and O–H groups in total. The molecule has 0 spiro atoms. The van der Waals surface area contributed by atoms with E-state index in [9.17, 15) is 36.3 Å². The molecule has 25 heteroatoms. The number of aromatic carboxylic acids is 2. The zero-order valence-electron chi connectivity index (χ0n) is 56.6. The quantitative estimate of drug-likeness (QED) is 0.0531. The van der Waals surface area contributed by atoms with E-state index in [4.69, 9.17) is 15.3 Å². The maximum Gasteiger partial charge on any atom is 0.354 e. The number of hydrogen-bond donors (Lipinski definition) is 3. The summed E-state index contributed by atoms with van der Waals surface area (Å²) in [4.78, 5) is 62.1. The van der Waals surface area contributed by atoms with Crippen LogP contribution in [0.15, 0.2) is 322 Å². The third-order valence-electron chi connectivity index (χ3n) is 12.4. The van der Waals surface area contributed by atoms with Crippen LogP contribution in [0.25, 0.3) is 67.5 Å². The van der Waals surface area contributed by atoms with E-state index >= 15 is 0 Å². The van der Waals surface area contributed by atoms with Gasteiger partial charge in [0.25, 0.3) is 0 Å². The Morgan fingerprint density at radius 1 is 0.306 bits per heavy atom. The van der Waals surface area contributed by atoms with Gasteiger partial charge in [0, 0.05) is 205 Å². The summed E-state index contributed by atoms with van der Waals surface area (Å²) < 4.78 is 64.1. The number of aliphatic hydroxyl groups is 1.